The number of aliphatic hydroxyl groups excluding tert-OH is 1. The summed E-state index contributed by atoms with van der Waals surface area (Å²) in [4.78, 5) is 9.30. The zero-order valence-corrected chi connectivity index (χ0v) is 13.9. The van der Waals surface area contributed by atoms with Gasteiger partial charge in [-0.25, -0.2) is 0 Å². The van der Waals surface area contributed by atoms with Gasteiger partial charge in [-0.2, -0.15) is 0 Å². The molecule has 0 saturated carbocycles. The van der Waals surface area contributed by atoms with E-state index >= 15 is 0 Å². The smallest absolute Gasteiger partial charge is 0.169 e. The van der Waals surface area contributed by atoms with E-state index in [2.05, 4.69) is 35.6 Å². The minimum absolute atomic E-state index is 0.250. The second-order valence-electron chi connectivity index (χ2n) is 4.89. The fraction of sp³-hybridized carbons (Fsp3) is 0.556. The summed E-state index contributed by atoms with van der Waals surface area (Å²) in [6, 6.07) is 7.86. The molecular weight excluding hydrogens is 280 g/mol. The van der Waals surface area contributed by atoms with Crippen molar-refractivity contribution >= 4 is 0 Å². The number of rotatable bonds is 11. The van der Waals surface area contributed by atoms with Crippen LogP contribution in [0.4, 0.5) is 0 Å². The summed E-state index contributed by atoms with van der Waals surface area (Å²) in [6.45, 7) is 7.51. The maximum Gasteiger partial charge on any atom is 0.169 e. The Morgan fingerprint density at radius 3 is 2.18 bits per heavy atom. The largest absolute Gasteiger partial charge is 0.397 e. The van der Waals surface area contributed by atoms with Gasteiger partial charge in [0, 0.05) is 11.6 Å². The van der Waals surface area contributed by atoms with Crippen molar-refractivity contribution in [1.82, 2.24) is 0 Å². The Morgan fingerprint density at radius 2 is 1.59 bits per heavy atom. The molecule has 0 unspecified atom stereocenters. The third kappa shape index (κ3) is 12.2. The van der Waals surface area contributed by atoms with Crippen molar-refractivity contribution in [1.29, 1.82) is 0 Å². The van der Waals surface area contributed by atoms with E-state index in [4.69, 9.17) is 9.99 Å². The van der Waals surface area contributed by atoms with Crippen LogP contribution in [0, 0.1) is 0 Å². The van der Waals surface area contributed by atoms with Gasteiger partial charge in [0.1, 0.15) is 6.26 Å². The third-order valence-electron chi connectivity index (χ3n) is 2.98. The lowest BCUT2D eigenvalue weighted by molar-refractivity contribution is -0.438. The van der Waals surface area contributed by atoms with E-state index < -0.39 is 0 Å². The summed E-state index contributed by atoms with van der Waals surface area (Å²) in [6.07, 6.45) is 10.2. The maximum absolute atomic E-state index is 7.57. The minimum Gasteiger partial charge on any atom is -0.397 e. The molecule has 0 fully saturated rings. The molecule has 1 rings (SSSR count). The fourth-order valence-corrected chi connectivity index (χ4v) is 1.91. The lowest BCUT2D eigenvalue weighted by atomic mass is 10.1. The van der Waals surface area contributed by atoms with Crippen molar-refractivity contribution in [3.63, 3.8) is 0 Å². The van der Waals surface area contributed by atoms with Gasteiger partial charge in [0.25, 0.3) is 0 Å². The van der Waals surface area contributed by atoms with Crippen LogP contribution in [0.1, 0.15) is 57.9 Å². The molecule has 22 heavy (non-hydrogen) atoms. The number of hydrogen-bond donors (Lipinski definition) is 1. The van der Waals surface area contributed by atoms with Crippen molar-refractivity contribution in [2.45, 2.75) is 58.8 Å². The molecule has 4 heteroatoms. The first-order chi connectivity index (χ1) is 10.8. The lowest BCUT2D eigenvalue weighted by Crippen LogP contribution is -1.94. The molecule has 1 aromatic rings. The molecule has 0 heterocycles. The van der Waals surface area contributed by atoms with E-state index in [1.165, 1.54) is 44.1 Å². The highest BCUT2D eigenvalue weighted by molar-refractivity contribution is 5.26. The molecular formula is C18H30O4. The Labute approximate surface area is 134 Å². The van der Waals surface area contributed by atoms with E-state index in [1.54, 1.807) is 6.92 Å². The molecule has 1 N–H and O–H groups in total. The fourth-order valence-electron chi connectivity index (χ4n) is 1.91. The summed E-state index contributed by atoms with van der Waals surface area (Å²) < 4.78 is 0. The Hall–Kier alpha value is -1.52. The molecule has 0 bridgehead atoms. The maximum atomic E-state index is 7.57. The Balaban J connectivity index is 0.00000135. The van der Waals surface area contributed by atoms with Gasteiger partial charge in [-0.05, 0) is 37.5 Å². The summed E-state index contributed by atoms with van der Waals surface area (Å²) in [7, 11) is 0. The average molecular weight is 310 g/mol. The van der Waals surface area contributed by atoms with E-state index in [0.717, 1.165) is 12.7 Å². The monoisotopic (exact) mass is 310 g/mol. The van der Waals surface area contributed by atoms with Crippen LogP contribution < -0.4 is 4.89 Å². The lowest BCUT2D eigenvalue weighted by Gasteiger charge is -2.04. The molecule has 0 aromatic heterocycles. The SMILES string of the molecule is C=COOOc1ccc(CCCCCCCC)cc1.CCO. The van der Waals surface area contributed by atoms with Crippen molar-refractivity contribution in [3.8, 4) is 5.75 Å². The molecule has 126 valence electrons. The molecule has 4 nitrogen and oxygen atoms in total. The van der Waals surface area contributed by atoms with Crippen LogP contribution in [0.25, 0.3) is 0 Å². The Kier molecular flexibility index (Phi) is 14.8. The molecule has 0 atom stereocenters. The number of aryl methyl sites for hydroxylation is 1. The number of unbranched alkanes of at least 4 members (excludes halogenated alkanes) is 5. The highest BCUT2D eigenvalue weighted by atomic mass is 17.5. The highest BCUT2D eigenvalue weighted by Crippen LogP contribution is 2.15. The average Bonchev–Trinajstić information content (AvgIpc) is 2.53. The van der Waals surface area contributed by atoms with Crippen molar-refractivity contribution in [2.24, 2.45) is 0 Å². The van der Waals surface area contributed by atoms with Crippen molar-refractivity contribution in [2.75, 3.05) is 6.61 Å². The molecule has 0 aliphatic rings. The number of hydrogen-bond acceptors (Lipinski definition) is 4. The second-order valence-corrected chi connectivity index (χ2v) is 4.89. The zero-order chi connectivity index (χ0) is 16.5. The van der Waals surface area contributed by atoms with Gasteiger partial charge < -0.3 is 9.99 Å². The van der Waals surface area contributed by atoms with Gasteiger partial charge in [-0.15, -0.1) is 0 Å². The quantitative estimate of drug-likeness (QED) is 0.271. The van der Waals surface area contributed by atoms with Gasteiger partial charge in [0.2, 0.25) is 0 Å². The van der Waals surface area contributed by atoms with E-state index in [1.807, 2.05) is 12.1 Å². The number of aliphatic hydroxyl groups is 1. The van der Waals surface area contributed by atoms with Gasteiger partial charge in [-0.1, -0.05) is 57.7 Å². The van der Waals surface area contributed by atoms with Crippen LogP contribution in [0.2, 0.25) is 0 Å². The van der Waals surface area contributed by atoms with Gasteiger partial charge in [0.05, 0.1) is 0 Å². The van der Waals surface area contributed by atoms with E-state index in [-0.39, 0.29) is 6.61 Å². The molecule has 0 radical (unpaired) electrons. The summed E-state index contributed by atoms with van der Waals surface area (Å²) in [5.74, 6) is 0.619. The van der Waals surface area contributed by atoms with Crippen LogP contribution in [-0.2, 0) is 16.3 Å². The Bertz CT molecular complexity index is 349. The molecule has 0 aliphatic heterocycles. The standard InChI is InChI=1S/C16H24O3.C2H6O/c1-3-5-6-7-8-9-10-15-11-13-16(14-12-15)18-19-17-4-2;1-2-3/h4,11-14H,2-3,5-10H2,1H3;3H,2H2,1H3. The van der Waals surface area contributed by atoms with Gasteiger partial charge in [0.15, 0.2) is 5.75 Å². The normalized spacial score (nSPS) is 9.59. The molecule has 0 saturated heterocycles. The summed E-state index contributed by atoms with van der Waals surface area (Å²) in [5, 5.41) is 12.0. The van der Waals surface area contributed by atoms with E-state index in [0.29, 0.717) is 5.75 Å². The summed E-state index contributed by atoms with van der Waals surface area (Å²) in [5.41, 5.74) is 1.33. The Morgan fingerprint density at radius 1 is 1.00 bits per heavy atom. The summed E-state index contributed by atoms with van der Waals surface area (Å²) >= 11 is 0. The van der Waals surface area contributed by atoms with Crippen LogP contribution in [0.3, 0.4) is 0 Å². The molecule has 0 aliphatic carbocycles. The van der Waals surface area contributed by atoms with E-state index in [9.17, 15) is 0 Å². The topological polar surface area (TPSA) is 47.9 Å². The molecule has 0 amide bonds. The highest BCUT2D eigenvalue weighted by Gasteiger charge is 1.97. The molecule has 1 aromatic carbocycles. The van der Waals surface area contributed by atoms with Crippen molar-refractivity contribution in [3.05, 3.63) is 42.7 Å². The van der Waals surface area contributed by atoms with Gasteiger partial charge in [-0.3, -0.25) is 4.89 Å². The first-order valence-electron chi connectivity index (χ1n) is 8.09. The minimum atomic E-state index is 0.250. The van der Waals surface area contributed by atoms with Crippen molar-refractivity contribution < 1.29 is 19.9 Å². The van der Waals surface area contributed by atoms with Gasteiger partial charge >= 0.3 is 0 Å². The van der Waals surface area contributed by atoms with Crippen LogP contribution in [0.15, 0.2) is 37.1 Å². The predicted octanol–water partition coefficient (Wildman–Crippen LogP) is 4.97. The number of benzene rings is 1. The first-order valence-corrected chi connectivity index (χ1v) is 8.09. The predicted molar refractivity (Wildman–Crippen MR) is 89.3 cm³/mol. The third-order valence-corrected chi connectivity index (χ3v) is 2.98. The molecule has 0 spiro atoms. The zero-order valence-electron chi connectivity index (χ0n) is 13.9. The second kappa shape index (κ2) is 15.9. The first kappa shape index (κ1) is 20.5. The van der Waals surface area contributed by atoms with Crippen LogP contribution in [-0.4, -0.2) is 11.7 Å². The van der Waals surface area contributed by atoms with Crippen LogP contribution in [0.5, 0.6) is 5.75 Å². The van der Waals surface area contributed by atoms with Crippen LogP contribution >= 0.6 is 0 Å².